The summed E-state index contributed by atoms with van der Waals surface area (Å²) < 4.78 is 0. The van der Waals surface area contributed by atoms with Gasteiger partial charge in [-0.25, -0.2) is 0 Å². The largest absolute Gasteiger partial charge is 0.328 e. The van der Waals surface area contributed by atoms with Gasteiger partial charge in [0.25, 0.3) is 0 Å². The molecule has 0 heterocycles. The van der Waals surface area contributed by atoms with Gasteiger partial charge in [0, 0.05) is 6.04 Å². The van der Waals surface area contributed by atoms with Gasteiger partial charge < -0.3 is 5.73 Å². The molecule has 0 aromatic heterocycles. The van der Waals surface area contributed by atoms with Crippen LogP contribution in [-0.4, -0.2) is 6.04 Å². The van der Waals surface area contributed by atoms with Gasteiger partial charge in [0.2, 0.25) is 0 Å². The van der Waals surface area contributed by atoms with Crippen LogP contribution in [0.1, 0.15) is 44.2 Å². The van der Waals surface area contributed by atoms with Crippen molar-refractivity contribution in [3.8, 4) is 0 Å². The zero-order chi connectivity index (χ0) is 10.6. The second-order valence-corrected chi connectivity index (χ2v) is 4.41. The Bertz CT molecular complexity index is 259. The van der Waals surface area contributed by atoms with Crippen LogP contribution in [0.2, 0.25) is 0 Å². The first-order valence-electron chi connectivity index (χ1n) is 5.44. The minimum atomic E-state index is 0.305. The van der Waals surface area contributed by atoms with Crippen LogP contribution in [0.15, 0.2) is 24.3 Å². The summed E-state index contributed by atoms with van der Waals surface area (Å²) >= 11 is 0. The van der Waals surface area contributed by atoms with Gasteiger partial charge >= 0.3 is 0 Å². The molecule has 0 aliphatic rings. The van der Waals surface area contributed by atoms with Crippen LogP contribution in [0.5, 0.6) is 0 Å². The Balaban J connectivity index is 2.55. The van der Waals surface area contributed by atoms with Crippen molar-refractivity contribution in [3.63, 3.8) is 0 Å². The fourth-order valence-corrected chi connectivity index (χ4v) is 1.46. The molecule has 0 spiro atoms. The summed E-state index contributed by atoms with van der Waals surface area (Å²) in [4.78, 5) is 0. The molecule has 78 valence electrons. The van der Waals surface area contributed by atoms with Crippen molar-refractivity contribution in [1.82, 2.24) is 0 Å². The lowest BCUT2D eigenvalue weighted by atomic mass is 9.99. The van der Waals surface area contributed by atoms with E-state index in [1.165, 1.54) is 11.1 Å². The highest BCUT2D eigenvalue weighted by atomic mass is 14.6. The molecule has 0 saturated carbocycles. The van der Waals surface area contributed by atoms with Crippen molar-refractivity contribution in [1.29, 1.82) is 0 Å². The van der Waals surface area contributed by atoms with E-state index in [4.69, 9.17) is 5.73 Å². The van der Waals surface area contributed by atoms with Gasteiger partial charge in [0.1, 0.15) is 0 Å². The van der Waals surface area contributed by atoms with Crippen molar-refractivity contribution in [2.75, 3.05) is 0 Å². The molecule has 0 bridgehead atoms. The smallest absolute Gasteiger partial charge is 0.00136 e. The molecule has 0 unspecified atom stereocenters. The first-order chi connectivity index (χ1) is 6.59. The zero-order valence-corrected chi connectivity index (χ0v) is 9.46. The van der Waals surface area contributed by atoms with E-state index in [9.17, 15) is 0 Å². The predicted molar refractivity (Wildman–Crippen MR) is 62.5 cm³/mol. The normalized spacial score (nSPS) is 13.2. The van der Waals surface area contributed by atoms with Crippen molar-refractivity contribution < 1.29 is 0 Å². The van der Waals surface area contributed by atoms with E-state index in [0.29, 0.717) is 12.0 Å². The summed E-state index contributed by atoms with van der Waals surface area (Å²) in [6, 6.07) is 9.19. The zero-order valence-electron chi connectivity index (χ0n) is 9.46. The molecule has 0 aliphatic heterocycles. The monoisotopic (exact) mass is 191 g/mol. The maximum absolute atomic E-state index is 5.72. The minimum Gasteiger partial charge on any atom is -0.328 e. The second-order valence-electron chi connectivity index (χ2n) is 4.41. The molecule has 0 amide bonds. The Morgan fingerprint density at radius 3 is 2.07 bits per heavy atom. The molecule has 1 aromatic rings. The van der Waals surface area contributed by atoms with Crippen molar-refractivity contribution in [3.05, 3.63) is 35.4 Å². The van der Waals surface area contributed by atoms with Crippen LogP contribution in [0.25, 0.3) is 0 Å². The molecular formula is C13H21N. The van der Waals surface area contributed by atoms with Crippen molar-refractivity contribution >= 4 is 0 Å². The predicted octanol–water partition coefficient (Wildman–Crippen LogP) is 3.09. The fraction of sp³-hybridized carbons (Fsp3) is 0.538. The highest BCUT2D eigenvalue weighted by Crippen LogP contribution is 2.15. The van der Waals surface area contributed by atoms with Gasteiger partial charge in [0.05, 0.1) is 0 Å². The lowest BCUT2D eigenvalue weighted by Crippen LogP contribution is -2.15. The first kappa shape index (κ1) is 11.3. The van der Waals surface area contributed by atoms with E-state index in [2.05, 4.69) is 45.0 Å². The number of rotatable bonds is 4. The van der Waals surface area contributed by atoms with E-state index in [-0.39, 0.29) is 0 Å². The van der Waals surface area contributed by atoms with E-state index >= 15 is 0 Å². The van der Waals surface area contributed by atoms with Gasteiger partial charge in [-0.1, -0.05) is 38.1 Å². The third-order valence-corrected chi connectivity index (χ3v) is 2.53. The number of aryl methyl sites for hydroxylation is 1. The third-order valence-electron chi connectivity index (χ3n) is 2.53. The summed E-state index contributed by atoms with van der Waals surface area (Å²) in [6.45, 7) is 6.50. The molecule has 1 aromatic carbocycles. The van der Waals surface area contributed by atoms with Crippen LogP contribution >= 0.6 is 0 Å². The SMILES string of the molecule is CC(C)c1ccc(CC[C@H](C)N)cc1. The van der Waals surface area contributed by atoms with Gasteiger partial charge in [0.15, 0.2) is 0 Å². The van der Waals surface area contributed by atoms with E-state index < -0.39 is 0 Å². The summed E-state index contributed by atoms with van der Waals surface area (Å²) in [5.41, 5.74) is 8.53. The minimum absolute atomic E-state index is 0.305. The van der Waals surface area contributed by atoms with Crippen LogP contribution < -0.4 is 5.73 Å². The van der Waals surface area contributed by atoms with Gasteiger partial charge in [-0.05, 0) is 36.8 Å². The summed E-state index contributed by atoms with van der Waals surface area (Å²) in [5, 5.41) is 0. The molecule has 1 rings (SSSR count). The van der Waals surface area contributed by atoms with Gasteiger partial charge in [-0.15, -0.1) is 0 Å². The maximum Gasteiger partial charge on any atom is 0.00136 e. The quantitative estimate of drug-likeness (QED) is 0.777. The number of hydrogen-bond acceptors (Lipinski definition) is 1. The molecule has 1 atom stereocenters. The average Bonchev–Trinajstić information content (AvgIpc) is 2.15. The fourth-order valence-electron chi connectivity index (χ4n) is 1.46. The van der Waals surface area contributed by atoms with E-state index in [0.717, 1.165) is 12.8 Å². The first-order valence-corrected chi connectivity index (χ1v) is 5.44. The average molecular weight is 191 g/mol. The second kappa shape index (κ2) is 5.16. The molecule has 1 nitrogen and oxygen atoms in total. The highest BCUT2D eigenvalue weighted by molar-refractivity contribution is 5.24. The van der Waals surface area contributed by atoms with E-state index in [1.54, 1.807) is 0 Å². The Labute approximate surface area is 87.3 Å². The van der Waals surface area contributed by atoms with Crippen LogP contribution in [0.4, 0.5) is 0 Å². The molecule has 0 aliphatic carbocycles. The summed E-state index contributed by atoms with van der Waals surface area (Å²) in [6.07, 6.45) is 2.16. The number of nitrogens with two attached hydrogens (primary N) is 1. The standard InChI is InChI=1S/C13H21N/c1-10(2)13-8-6-12(7-9-13)5-4-11(3)14/h6-11H,4-5,14H2,1-3H3/t11-/m0/s1. The van der Waals surface area contributed by atoms with Gasteiger partial charge in [-0.2, -0.15) is 0 Å². The van der Waals surface area contributed by atoms with Crippen LogP contribution in [-0.2, 0) is 6.42 Å². The Hall–Kier alpha value is -0.820. The lowest BCUT2D eigenvalue weighted by molar-refractivity contribution is 0.666. The van der Waals surface area contributed by atoms with E-state index in [1.807, 2.05) is 0 Å². The van der Waals surface area contributed by atoms with Gasteiger partial charge in [-0.3, -0.25) is 0 Å². The highest BCUT2D eigenvalue weighted by Gasteiger charge is 2.00. The Kier molecular flexibility index (Phi) is 4.15. The van der Waals surface area contributed by atoms with Crippen LogP contribution in [0.3, 0.4) is 0 Å². The maximum atomic E-state index is 5.72. The van der Waals surface area contributed by atoms with Crippen molar-refractivity contribution in [2.24, 2.45) is 5.73 Å². The molecule has 0 saturated heterocycles. The number of hydrogen-bond donors (Lipinski definition) is 1. The summed E-state index contributed by atoms with van der Waals surface area (Å²) in [7, 11) is 0. The third kappa shape index (κ3) is 3.51. The number of benzene rings is 1. The van der Waals surface area contributed by atoms with Crippen molar-refractivity contribution in [2.45, 2.75) is 45.6 Å². The van der Waals surface area contributed by atoms with Crippen LogP contribution in [0, 0.1) is 0 Å². The summed E-state index contributed by atoms with van der Waals surface area (Å²) in [5.74, 6) is 0.623. The Morgan fingerprint density at radius 2 is 1.64 bits per heavy atom. The molecule has 14 heavy (non-hydrogen) atoms. The Morgan fingerprint density at radius 1 is 1.07 bits per heavy atom. The molecule has 2 N–H and O–H groups in total. The molecule has 1 heteroatoms. The molecule has 0 fully saturated rings. The topological polar surface area (TPSA) is 26.0 Å². The molecular weight excluding hydrogens is 170 g/mol. The lowest BCUT2D eigenvalue weighted by Gasteiger charge is -2.08. The molecule has 0 radical (unpaired) electrons.